The molecular formula is C18H16N2O7. The van der Waals surface area contributed by atoms with E-state index in [1.165, 1.54) is 13.3 Å². The zero-order valence-electron chi connectivity index (χ0n) is 14.7. The van der Waals surface area contributed by atoms with E-state index in [0.717, 1.165) is 12.1 Å². The first-order chi connectivity index (χ1) is 13.0. The van der Waals surface area contributed by atoms with Crippen LogP contribution in [0, 0.1) is 6.92 Å². The summed E-state index contributed by atoms with van der Waals surface area (Å²) in [5.74, 6) is -2.41. The molecular weight excluding hydrogens is 356 g/mol. The van der Waals surface area contributed by atoms with Crippen LogP contribution in [0.4, 0.5) is 0 Å². The number of esters is 1. The molecule has 2 aromatic rings. The van der Waals surface area contributed by atoms with Gasteiger partial charge < -0.3 is 19.2 Å². The second-order valence-corrected chi connectivity index (χ2v) is 5.89. The van der Waals surface area contributed by atoms with E-state index in [1.807, 2.05) is 13.0 Å². The van der Waals surface area contributed by atoms with E-state index in [1.54, 1.807) is 6.07 Å². The predicted molar refractivity (Wildman–Crippen MR) is 87.6 cm³/mol. The Bertz CT molecular complexity index is 935. The number of Topliss-reactive ketones (excluding diaryl/α,β-unsaturated/α-hetero) is 1. The molecule has 0 unspecified atom stereocenters. The second kappa shape index (κ2) is 7.24. The number of H-pyrrole nitrogens is 1. The molecule has 1 spiro atoms. The van der Waals surface area contributed by atoms with Crippen LogP contribution in [0.3, 0.4) is 0 Å². The monoisotopic (exact) mass is 372 g/mol. The number of hydrogen-bond donors (Lipinski definition) is 1. The summed E-state index contributed by atoms with van der Waals surface area (Å²) < 4.78 is 16.4. The average Bonchev–Trinajstić information content (AvgIpc) is 3.09. The van der Waals surface area contributed by atoms with E-state index < -0.39 is 17.5 Å². The van der Waals surface area contributed by atoms with Gasteiger partial charge in [-0.1, -0.05) is 0 Å². The van der Waals surface area contributed by atoms with Gasteiger partial charge in [-0.2, -0.15) is 9.59 Å². The van der Waals surface area contributed by atoms with Crippen LogP contribution in [0.15, 0.2) is 18.3 Å². The van der Waals surface area contributed by atoms with Crippen molar-refractivity contribution < 1.29 is 33.4 Å². The lowest BCUT2D eigenvalue weighted by Gasteiger charge is -2.38. The van der Waals surface area contributed by atoms with E-state index in [4.69, 9.17) is 23.8 Å². The number of carbonyl (C=O) groups excluding carboxylic acids is 4. The Morgan fingerprint density at radius 1 is 1.33 bits per heavy atom. The van der Waals surface area contributed by atoms with E-state index in [0.29, 0.717) is 30.0 Å². The van der Waals surface area contributed by atoms with Crippen molar-refractivity contribution in [2.75, 3.05) is 20.3 Å². The zero-order valence-corrected chi connectivity index (χ0v) is 14.7. The van der Waals surface area contributed by atoms with Gasteiger partial charge in [0.1, 0.15) is 5.69 Å². The Morgan fingerprint density at radius 2 is 2.00 bits per heavy atom. The van der Waals surface area contributed by atoms with Gasteiger partial charge in [0.05, 0.1) is 31.6 Å². The molecule has 0 atom stereocenters. The number of methoxy groups -OCH3 is 1. The van der Waals surface area contributed by atoms with Crippen LogP contribution in [-0.2, 0) is 29.6 Å². The van der Waals surface area contributed by atoms with Crippen molar-refractivity contribution in [2.24, 2.45) is 0 Å². The molecule has 2 aliphatic rings. The average molecular weight is 372 g/mol. The number of aromatic nitrogens is 2. The molecule has 9 nitrogen and oxygen atoms in total. The summed E-state index contributed by atoms with van der Waals surface area (Å²) in [7, 11) is 1.30. The number of rotatable bonds is 1. The Labute approximate surface area is 153 Å². The summed E-state index contributed by atoms with van der Waals surface area (Å²) in [5, 5.41) is 0. The quantitative estimate of drug-likeness (QED) is 0.744. The van der Waals surface area contributed by atoms with Crippen molar-refractivity contribution >= 4 is 17.9 Å². The first-order valence-electron chi connectivity index (χ1n) is 8.10. The van der Waals surface area contributed by atoms with Crippen molar-refractivity contribution in [3.05, 3.63) is 40.8 Å². The first-order valence-corrected chi connectivity index (χ1v) is 8.10. The molecule has 0 amide bonds. The summed E-state index contributed by atoms with van der Waals surface area (Å²) in [4.78, 5) is 48.9. The third kappa shape index (κ3) is 2.87. The molecule has 0 radical (unpaired) electrons. The maximum atomic E-state index is 13.2. The van der Waals surface area contributed by atoms with Crippen molar-refractivity contribution in [3.63, 3.8) is 0 Å². The smallest absolute Gasteiger partial charge is 0.373 e. The summed E-state index contributed by atoms with van der Waals surface area (Å²) in [6.45, 7) is 2.70. The minimum Gasteiger partial charge on any atom is -0.465 e. The molecule has 140 valence electrons. The molecule has 1 aliphatic carbocycles. The molecule has 3 heterocycles. The lowest BCUT2D eigenvalue weighted by Crippen LogP contribution is -2.47. The maximum Gasteiger partial charge on any atom is 0.373 e. The van der Waals surface area contributed by atoms with Crippen molar-refractivity contribution in [3.8, 4) is 11.3 Å². The molecule has 4 rings (SSSR count). The highest BCUT2D eigenvalue weighted by Gasteiger charge is 2.52. The number of nitrogens with zero attached hydrogens (tertiary/aromatic N) is 1. The molecule has 1 saturated heterocycles. The first kappa shape index (κ1) is 18.7. The summed E-state index contributed by atoms with van der Waals surface area (Å²) in [6.07, 6.45) is 2.39. The standard InChI is InChI=1S/C17H16N2O5.CO2/c1-9-8-11-13(19-9)12-10(16(21)22-2)4-5-18-14(12)15(20)17(11)23-6-3-7-24-17;2-1-3/h4-5,8,19H,3,6-7H2,1-2H3;. The number of fused-ring (bicyclic) bond motifs is 4. The molecule has 0 saturated carbocycles. The highest BCUT2D eigenvalue weighted by Crippen LogP contribution is 2.46. The number of ketones is 1. The fraction of sp³-hybridized carbons (Fsp3) is 0.333. The maximum absolute atomic E-state index is 13.2. The van der Waals surface area contributed by atoms with Gasteiger partial charge in [0.15, 0.2) is 0 Å². The Balaban J connectivity index is 0.000000659. The Morgan fingerprint density at radius 3 is 2.63 bits per heavy atom. The summed E-state index contributed by atoms with van der Waals surface area (Å²) >= 11 is 0. The van der Waals surface area contributed by atoms with E-state index >= 15 is 0 Å². The summed E-state index contributed by atoms with van der Waals surface area (Å²) in [5.41, 5.74) is 2.88. The van der Waals surface area contributed by atoms with Crippen LogP contribution >= 0.6 is 0 Å². The number of hydrogen-bond acceptors (Lipinski definition) is 8. The van der Waals surface area contributed by atoms with Crippen LogP contribution in [-0.4, -0.2) is 48.2 Å². The van der Waals surface area contributed by atoms with Gasteiger partial charge in [0.2, 0.25) is 5.78 Å². The lowest BCUT2D eigenvalue weighted by atomic mass is 9.85. The SMILES string of the molecule is COC(=O)c1ccnc2c1-c1[nH]c(C)cc1C1(OCCCO1)C2=O.O=C=O. The van der Waals surface area contributed by atoms with E-state index in [9.17, 15) is 9.59 Å². The van der Waals surface area contributed by atoms with Crippen molar-refractivity contribution in [2.45, 2.75) is 19.1 Å². The van der Waals surface area contributed by atoms with Crippen molar-refractivity contribution in [1.29, 1.82) is 0 Å². The third-order valence-electron chi connectivity index (χ3n) is 4.33. The zero-order chi connectivity index (χ0) is 19.6. The Hall–Kier alpha value is -3.13. The molecule has 0 aromatic carbocycles. The third-order valence-corrected chi connectivity index (χ3v) is 4.33. The lowest BCUT2D eigenvalue weighted by molar-refractivity contribution is -0.240. The molecule has 0 bridgehead atoms. The van der Waals surface area contributed by atoms with Gasteiger partial charge in [-0.05, 0) is 25.5 Å². The summed E-state index contributed by atoms with van der Waals surface area (Å²) in [6, 6.07) is 3.36. The second-order valence-electron chi connectivity index (χ2n) is 5.89. The number of pyridine rings is 1. The van der Waals surface area contributed by atoms with Crippen LogP contribution in [0.1, 0.15) is 38.5 Å². The van der Waals surface area contributed by atoms with E-state index in [2.05, 4.69) is 9.97 Å². The van der Waals surface area contributed by atoms with Gasteiger partial charge in [0, 0.05) is 23.0 Å². The van der Waals surface area contributed by atoms with Crippen LogP contribution in [0.5, 0.6) is 0 Å². The Kier molecular flexibility index (Phi) is 5.00. The van der Waals surface area contributed by atoms with Gasteiger partial charge in [0.25, 0.3) is 5.79 Å². The molecule has 1 fully saturated rings. The van der Waals surface area contributed by atoms with Crippen LogP contribution < -0.4 is 0 Å². The topological polar surface area (TPSA) is 125 Å². The highest BCUT2D eigenvalue weighted by atomic mass is 16.7. The van der Waals surface area contributed by atoms with Crippen LogP contribution in [0.2, 0.25) is 0 Å². The fourth-order valence-corrected chi connectivity index (χ4v) is 3.31. The molecule has 9 heteroatoms. The van der Waals surface area contributed by atoms with Crippen LogP contribution in [0.25, 0.3) is 11.3 Å². The molecule has 27 heavy (non-hydrogen) atoms. The number of aryl methyl sites for hydroxylation is 1. The largest absolute Gasteiger partial charge is 0.465 e. The van der Waals surface area contributed by atoms with Gasteiger partial charge in [-0.3, -0.25) is 9.78 Å². The molecule has 1 N–H and O–H groups in total. The number of nitrogens with one attached hydrogen (secondary N) is 1. The molecule has 1 aliphatic heterocycles. The predicted octanol–water partition coefficient (Wildman–Crippen LogP) is 1.37. The molecule has 2 aromatic heterocycles. The minimum absolute atomic E-state index is 0.147. The van der Waals surface area contributed by atoms with Gasteiger partial charge in [-0.25, -0.2) is 4.79 Å². The normalized spacial score (nSPS) is 16.4. The number of ether oxygens (including phenoxy) is 3. The van der Waals surface area contributed by atoms with Crippen molar-refractivity contribution in [1.82, 2.24) is 9.97 Å². The fourth-order valence-electron chi connectivity index (χ4n) is 3.31. The number of carbonyl (C=O) groups is 2. The number of aromatic amines is 1. The van der Waals surface area contributed by atoms with Gasteiger partial charge >= 0.3 is 12.1 Å². The minimum atomic E-state index is -1.49. The highest BCUT2D eigenvalue weighted by molar-refractivity contribution is 6.13. The van der Waals surface area contributed by atoms with Gasteiger partial charge in [-0.15, -0.1) is 0 Å². The van der Waals surface area contributed by atoms with E-state index in [-0.39, 0.29) is 17.4 Å².